The van der Waals surface area contributed by atoms with E-state index in [1.54, 1.807) is 12.1 Å². The molecule has 0 atom stereocenters. The average molecular weight is 408 g/mol. The van der Waals surface area contributed by atoms with Crippen molar-refractivity contribution in [2.75, 3.05) is 11.9 Å². The first-order chi connectivity index (χ1) is 13.9. The van der Waals surface area contributed by atoms with Crippen LogP contribution in [0.15, 0.2) is 108 Å². The number of aryl methyl sites for hydroxylation is 1. The highest BCUT2D eigenvalue weighted by Crippen LogP contribution is 2.08. The molecule has 0 unspecified atom stereocenters. The molecule has 0 spiro atoms. The highest BCUT2D eigenvalue weighted by atomic mass is 32.2. The van der Waals surface area contributed by atoms with Crippen LogP contribution in [0.5, 0.6) is 0 Å². The summed E-state index contributed by atoms with van der Waals surface area (Å²) in [6, 6.07) is 26.5. The third-order valence-electron chi connectivity index (χ3n) is 3.85. The average Bonchev–Trinajstić information content (AvgIpc) is 2.72. The van der Waals surface area contributed by atoms with E-state index in [1.165, 1.54) is 17.7 Å². The predicted octanol–water partition coefficient (Wildman–Crippen LogP) is 5.61. The van der Waals surface area contributed by atoms with Gasteiger partial charge in [0.05, 0.1) is 4.90 Å². The Kier molecular flexibility index (Phi) is 8.89. The van der Waals surface area contributed by atoms with Crippen molar-refractivity contribution in [3.63, 3.8) is 0 Å². The second kappa shape index (κ2) is 11.6. The molecule has 0 aliphatic carbocycles. The lowest BCUT2D eigenvalue weighted by molar-refractivity contribution is 0.483. The molecule has 5 heteroatoms. The molecule has 0 radical (unpaired) electrons. The van der Waals surface area contributed by atoms with E-state index in [2.05, 4.69) is 53.9 Å². The first-order valence-corrected chi connectivity index (χ1v) is 10.6. The van der Waals surface area contributed by atoms with Crippen LogP contribution < -0.4 is 5.32 Å². The number of para-hydroxylation sites is 1. The van der Waals surface area contributed by atoms with Gasteiger partial charge in [-0.2, -0.15) is 8.42 Å². The van der Waals surface area contributed by atoms with Crippen molar-refractivity contribution in [1.29, 1.82) is 0 Å². The lowest BCUT2D eigenvalue weighted by Crippen LogP contribution is -1.96. The summed E-state index contributed by atoms with van der Waals surface area (Å²) < 4.78 is 29.6. The Morgan fingerprint density at radius 2 is 1.41 bits per heavy atom. The first kappa shape index (κ1) is 22.1. The van der Waals surface area contributed by atoms with Crippen LogP contribution in [0.1, 0.15) is 11.1 Å². The van der Waals surface area contributed by atoms with E-state index >= 15 is 0 Å². The van der Waals surface area contributed by atoms with E-state index in [-0.39, 0.29) is 4.90 Å². The van der Waals surface area contributed by atoms with Gasteiger partial charge in [0.1, 0.15) is 0 Å². The van der Waals surface area contributed by atoms with E-state index in [1.807, 2.05) is 43.3 Å². The summed E-state index contributed by atoms with van der Waals surface area (Å²) >= 11 is 0. The first-order valence-electron chi connectivity index (χ1n) is 9.16. The molecule has 0 saturated heterocycles. The zero-order valence-corrected chi connectivity index (χ0v) is 17.1. The van der Waals surface area contributed by atoms with Crippen molar-refractivity contribution in [1.82, 2.24) is 0 Å². The molecule has 2 N–H and O–H groups in total. The topological polar surface area (TPSA) is 66.4 Å². The Morgan fingerprint density at radius 1 is 0.828 bits per heavy atom. The molecule has 29 heavy (non-hydrogen) atoms. The van der Waals surface area contributed by atoms with Gasteiger partial charge >= 0.3 is 0 Å². The van der Waals surface area contributed by atoms with Crippen molar-refractivity contribution in [3.8, 4) is 0 Å². The van der Waals surface area contributed by atoms with Crippen LogP contribution in [0.4, 0.5) is 5.69 Å². The fourth-order valence-corrected chi connectivity index (χ4v) is 2.80. The Labute approximate surface area is 173 Å². The van der Waals surface area contributed by atoms with E-state index < -0.39 is 10.1 Å². The molecule has 3 aromatic rings. The zero-order valence-electron chi connectivity index (χ0n) is 16.3. The second-order valence-corrected chi connectivity index (χ2v) is 7.65. The van der Waals surface area contributed by atoms with Crippen LogP contribution in [0.25, 0.3) is 6.08 Å². The Hall–Kier alpha value is -3.15. The lowest BCUT2D eigenvalue weighted by atomic mass is 10.2. The minimum atomic E-state index is -4.02. The third kappa shape index (κ3) is 9.06. The minimum Gasteiger partial charge on any atom is -0.382 e. The highest BCUT2D eigenvalue weighted by Gasteiger charge is 2.06. The van der Waals surface area contributed by atoms with Gasteiger partial charge in [0, 0.05) is 12.2 Å². The Morgan fingerprint density at radius 3 is 2.00 bits per heavy atom. The molecule has 0 heterocycles. The molecule has 0 aliphatic rings. The van der Waals surface area contributed by atoms with Gasteiger partial charge in [-0.15, -0.1) is 0 Å². The molecule has 0 saturated carbocycles. The Bertz CT molecular complexity index is 1010. The SMILES string of the molecule is C(=CCNc1ccccc1)/C=C/c1ccccc1.Cc1ccc(S(=O)(=O)O)cc1. The summed E-state index contributed by atoms with van der Waals surface area (Å²) in [5, 5.41) is 3.32. The summed E-state index contributed by atoms with van der Waals surface area (Å²) in [4.78, 5) is -0.0666. The number of benzene rings is 3. The van der Waals surface area contributed by atoms with Crippen LogP contribution in [0, 0.1) is 6.92 Å². The van der Waals surface area contributed by atoms with Crippen LogP contribution in [0.3, 0.4) is 0 Å². The van der Waals surface area contributed by atoms with Crippen LogP contribution in [-0.4, -0.2) is 19.5 Å². The maximum atomic E-state index is 10.5. The number of nitrogens with one attached hydrogen (secondary N) is 1. The van der Waals surface area contributed by atoms with E-state index in [4.69, 9.17) is 4.55 Å². The minimum absolute atomic E-state index is 0.0666. The lowest BCUT2D eigenvalue weighted by Gasteiger charge is -2.00. The Balaban J connectivity index is 0.000000234. The number of hydrogen-bond acceptors (Lipinski definition) is 3. The summed E-state index contributed by atoms with van der Waals surface area (Å²) in [5.74, 6) is 0. The molecular formula is C24H25NO3S. The number of anilines is 1. The van der Waals surface area contributed by atoms with Crippen molar-refractivity contribution < 1.29 is 13.0 Å². The maximum Gasteiger partial charge on any atom is 0.294 e. The molecule has 4 nitrogen and oxygen atoms in total. The van der Waals surface area contributed by atoms with Gasteiger partial charge in [0.15, 0.2) is 0 Å². The standard InChI is InChI=1S/C17H17N.C7H8O3S/c1-4-10-16(11-5-1)12-6-3-9-15-18-17-13-7-2-8-14-17;1-6-2-4-7(5-3-6)11(8,9)10/h1-14,18H,15H2;2-5H,1H3,(H,8,9,10)/b9-3?,12-6+;. The van der Waals surface area contributed by atoms with E-state index in [9.17, 15) is 8.42 Å². The van der Waals surface area contributed by atoms with Gasteiger partial charge in [-0.25, -0.2) is 0 Å². The molecule has 0 amide bonds. The molecule has 3 aromatic carbocycles. The van der Waals surface area contributed by atoms with Crippen LogP contribution in [-0.2, 0) is 10.1 Å². The number of hydrogen-bond donors (Lipinski definition) is 2. The van der Waals surface area contributed by atoms with Gasteiger partial charge in [-0.05, 0) is 36.8 Å². The monoisotopic (exact) mass is 407 g/mol. The summed E-state index contributed by atoms with van der Waals surface area (Å²) in [6.45, 7) is 2.68. The fraction of sp³-hybridized carbons (Fsp3) is 0.0833. The van der Waals surface area contributed by atoms with Crippen molar-refractivity contribution >= 4 is 21.9 Å². The van der Waals surface area contributed by atoms with Crippen molar-refractivity contribution in [3.05, 3.63) is 114 Å². The van der Waals surface area contributed by atoms with Gasteiger partial charge in [-0.1, -0.05) is 90.5 Å². The number of rotatable bonds is 6. The molecule has 0 aliphatic heterocycles. The van der Waals surface area contributed by atoms with Crippen LogP contribution in [0.2, 0.25) is 0 Å². The quantitative estimate of drug-likeness (QED) is 0.412. The smallest absolute Gasteiger partial charge is 0.294 e. The van der Waals surface area contributed by atoms with E-state index in [0.717, 1.165) is 17.8 Å². The van der Waals surface area contributed by atoms with Gasteiger partial charge in [-0.3, -0.25) is 4.55 Å². The molecule has 150 valence electrons. The van der Waals surface area contributed by atoms with Crippen molar-refractivity contribution in [2.24, 2.45) is 0 Å². The predicted molar refractivity (Wildman–Crippen MR) is 121 cm³/mol. The normalized spacial score (nSPS) is 11.2. The van der Waals surface area contributed by atoms with E-state index in [0.29, 0.717) is 0 Å². The molecule has 3 rings (SSSR count). The maximum absolute atomic E-state index is 10.5. The number of allylic oxidation sites excluding steroid dienone is 2. The highest BCUT2D eigenvalue weighted by molar-refractivity contribution is 7.85. The molecular weight excluding hydrogens is 382 g/mol. The van der Waals surface area contributed by atoms with Gasteiger partial charge in [0.2, 0.25) is 0 Å². The molecule has 0 aromatic heterocycles. The summed E-state index contributed by atoms with van der Waals surface area (Å²) in [7, 11) is -4.02. The summed E-state index contributed by atoms with van der Waals surface area (Å²) in [5.41, 5.74) is 3.32. The summed E-state index contributed by atoms with van der Waals surface area (Å²) in [6.07, 6.45) is 8.32. The van der Waals surface area contributed by atoms with Crippen LogP contribution >= 0.6 is 0 Å². The van der Waals surface area contributed by atoms with Crippen molar-refractivity contribution in [2.45, 2.75) is 11.8 Å². The second-order valence-electron chi connectivity index (χ2n) is 6.23. The fourth-order valence-electron chi connectivity index (χ4n) is 2.32. The largest absolute Gasteiger partial charge is 0.382 e. The van der Waals surface area contributed by atoms with Gasteiger partial charge < -0.3 is 5.32 Å². The molecule has 0 bridgehead atoms. The van der Waals surface area contributed by atoms with Gasteiger partial charge in [0.25, 0.3) is 10.1 Å². The zero-order chi connectivity index (χ0) is 21.0. The third-order valence-corrected chi connectivity index (χ3v) is 4.72. The molecule has 0 fully saturated rings.